The predicted molar refractivity (Wildman–Crippen MR) is 76.3 cm³/mol. The lowest BCUT2D eigenvalue weighted by Crippen LogP contribution is -2.28. The lowest BCUT2D eigenvalue weighted by Gasteiger charge is -2.24. The first-order valence-corrected chi connectivity index (χ1v) is 6.68. The third-order valence-electron chi connectivity index (χ3n) is 3.06. The van der Waals surface area contributed by atoms with Gasteiger partial charge in [0.2, 0.25) is 0 Å². The number of hydrogen-bond acceptors (Lipinski definition) is 2. The Morgan fingerprint density at radius 2 is 2.00 bits per heavy atom. The van der Waals surface area contributed by atoms with Crippen LogP contribution in [0, 0.1) is 31.1 Å². The Bertz CT molecular complexity index is 416. The van der Waals surface area contributed by atoms with Crippen LogP contribution >= 0.6 is 0 Å². The monoisotopic (exact) mass is 244 g/mol. The zero-order valence-electron chi connectivity index (χ0n) is 12.0. The van der Waals surface area contributed by atoms with Gasteiger partial charge in [0.05, 0.1) is 6.07 Å². The Morgan fingerprint density at radius 1 is 1.28 bits per heavy atom. The maximum Gasteiger partial charge on any atom is 0.0635 e. The molecule has 0 amide bonds. The van der Waals surface area contributed by atoms with E-state index in [1.165, 1.54) is 16.7 Å². The fourth-order valence-electron chi connectivity index (χ4n) is 2.17. The maximum atomic E-state index is 8.74. The van der Waals surface area contributed by atoms with E-state index in [2.05, 4.69) is 56.9 Å². The summed E-state index contributed by atoms with van der Waals surface area (Å²) in [6, 6.07) is 8.84. The van der Waals surface area contributed by atoms with Crippen molar-refractivity contribution in [1.29, 1.82) is 5.26 Å². The summed E-state index contributed by atoms with van der Waals surface area (Å²) in [4.78, 5) is 2.38. The molecule has 0 aliphatic carbocycles. The SMILES string of the molecule is Cc1ccc(C)c(CN(CCC#N)CC(C)C)c1. The van der Waals surface area contributed by atoms with Crippen molar-refractivity contribution in [3.05, 3.63) is 34.9 Å². The summed E-state index contributed by atoms with van der Waals surface area (Å²) in [6.07, 6.45) is 0.609. The van der Waals surface area contributed by atoms with Crippen LogP contribution in [-0.4, -0.2) is 18.0 Å². The Balaban J connectivity index is 2.75. The van der Waals surface area contributed by atoms with Crippen molar-refractivity contribution in [1.82, 2.24) is 4.90 Å². The zero-order valence-corrected chi connectivity index (χ0v) is 12.0. The van der Waals surface area contributed by atoms with Gasteiger partial charge >= 0.3 is 0 Å². The second kappa shape index (κ2) is 7.18. The molecule has 0 saturated carbocycles. The summed E-state index contributed by atoms with van der Waals surface area (Å²) in [5.41, 5.74) is 4.03. The molecule has 98 valence electrons. The molecule has 0 heterocycles. The lowest BCUT2D eigenvalue weighted by molar-refractivity contribution is 0.241. The van der Waals surface area contributed by atoms with Gasteiger partial charge in [0, 0.05) is 26.1 Å². The summed E-state index contributed by atoms with van der Waals surface area (Å²) in [5, 5.41) is 8.74. The third kappa shape index (κ3) is 4.89. The number of rotatable bonds is 6. The highest BCUT2D eigenvalue weighted by atomic mass is 15.1. The zero-order chi connectivity index (χ0) is 13.5. The van der Waals surface area contributed by atoms with E-state index in [0.29, 0.717) is 12.3 Å². The molecule has 0 radical (unpaired) electrons. The van der Waals surface area contributed by atoms with E-state index in [1.54, 1.807) is 0 Å². The molecule has 0 unspecified atom stereocenters. The van der Waals surface area contributed by atoms with E-state index in [4.69, 9.17) is 5.26 Å². The quantitative estimate of drug-likeness (QED) is 0.763. The van der Waals surface area contributed by atoms with Crippen LogP contribution < -0.4 is 0 Å². The normalized spacial score (nSPS) is 10.9. The topological polar surface area (TPSA) is 27.0 Å². The standard InChI is InChI=1S/C16H24N2/c1-13(2)11-18(9-5-8-17)12-16-10-14(3)6-7-15(16)4/h6-7,10,13H,5,9,11-12H2,1-4H3. The van der Waals surface area contributed by atoms with Gasteiger partial charge in [0.15, 0.2) is 0 Å². The van der Waals surface area contributed by atoms with E-state index in [1.807, 2.05) is 0 Å². The van der Waals surface area contributed by atoms with Crippen LogP contribution in [0.1, 0.15) is 37.0 Å². The summed E-state index contributed by atoms with van der Waals surface area (Å²) in [5.74, 6) is 0.633. The number of aryl methyl sites for hydroxylation is 2. The smallest absolute Gasteiger partial charge is 0.0635 e. The molecule has 2 nitrogen and oxygen atoms in total. The van der Waals surface area contributed by atoms with Crippen molar-refractivity contribution in [2.24, 2.45) is 5.92 Å². The second-order valence-corrected chi connectivity index (χ2v) is 5.47. The largest absolute Gasteiger partial charge is 0.298 e. The molecule has 2 heteroatoms. The molecule has 0 aliphatic heterocycles. The van der Waals surface area contributed by atoms with Crippen molar-refractivity contribution in [3.63, 3.8) is 0 Å². The van der Waals surface area contributed by atoms with Crippen LogP contribution in [0.25, 0.3) is 0 Å². The average Bonchev–Trinajstić information content (AvgIpc) is 2.30. The van der Waals surface area contributed by atoms with Gasteiger partial charge < -0.3 is 0 Å². The van der Waals surface area contributed by atoms with Gasteiger partial charge in [-0.2, -0.15) is 5.26 Å². The highest BCUT2D eigenvalue weighted by molar-refractivity contribution is 5.30. The molecular weight excluding hydrogens is 220 g/mol. The fourth-order valence-corrected chi connectivity index (χ4v) is 2.17. The van der Waals surface area contributed by atoms with Gasteiger partial charge in [-0.15, -0.1) is 0 Å². The van der Waals surface area contributed by atoms with Gasteiger partial charge in [-0.1, -0.05) is 37.6 Å². The van der Waals surface area contributed by atoms with Crippen LogP contribution in [0.5, 0.6) is 0 Å². The number of benzene rings is 1. The highest BCUT2D eigenvalue weighted by Gasteiger charge is 2.09. The van der Waals surface area contributed by atoms with Crippen molar-refractivity contribution in [2.45, 2.75) is 40.7 Å². The van der Waals surface area contributed by atoms with Gasteiger partial charge in [0.1, 0.15) is 0 Å². The van der Waals surface area contributed by atoms with E-state index in [-0.39, 0.29) is 0 Å². The van der Waals surface area contributed by atoms with E-state index < -0.39 is 0 Å². The second-order valence-electron chi connectivity index (χ2n) is 5.47. The minimum atomic E-state index is 0.609. The van der Waals surface area contributed by atoms with Gasteiger partial charge in [-0.25, -0.2) is 0 Å². The predicted octanol–water partition coefficient (Wildman–Crippen LogP) is 3.68. The van der Waals surface area contributed by atoms with Crippen LogP contribution in [0.3, 0.4) is 0 Å². The molecule has 0 N–H and O–H groups in total. The molecule has 0 fully saturated rings. The highest BCUT2D eigenvalue weighted by Crippen LogP contribution is 2.14. The van der Waals surface area contributed by atoms with Crippen LogP contribution in [0.2, 0.25) is 0 Å². The lowest BCUT2D eigenvalue weighted by atomic mass is 10.0. The molecular formula is C16H24N2. The fraction of sp³-hybridized carbons (Fsp3) is 0.562. The molecule has 0 spiro atoms. The molecule has 0 atom stereocenters. The average molecular weight is 244 g/mol. The van der Waals surface area contributed by atoms with Crippen molar-refractivity contribution < 1.29 is 0 Å². The van der Waals surface area contributed by atoms with E-state index >= 15 is 0 Å². The van der Waals surface area contributed by atoms with Crippen molar-refractivity contribution >= 4 is 0 Å². The number of hydrogen-bond donors (Lipinski definition) is 0. The summed E-state index contributed by atoms with van der Waals surface area (Å²) < 4.78 is 0. The molecule has 0 bridgehead atoms. The molecule has 1 aromatic rings. The minimum absolute atomic E-state index is 0.609. The Hall–Kier alpha value is -1.33. The Labute approximate surface area is 111 Å². The minimum Gasteiger partial charge on any atom is -0.298 e. The molecule has 18 heavy (non-hydrogen) atoms. The van der Waals surface area contributed by atoms with E-state index in [9.17, 15) is 0 Å². The van der Waals surface area contributed by atoms with Crippen molar-refractivity contribution in [3.8, 4) is 6.07 Å². The number of nitriles is 1. The van der Waals surface area contributed by atoms with Gasteiger partial charge in [-0.3, -0.25) is 4.90 Å². The van der Waals surface area contributed by atoms with Gasteiger partial charge in [0.25, 0.3) is 0 Å². The first-order chi connectivity index (χ1) is 8.52. The van der Waals surface area contributed by atoms with E-state index in [0.717, 1.165) is 19.6 Å². The summed E-state index contributed by atoms with van der Waals surface area (Å²) in [7, 11) is 0. The molecule has 0 aliphatic rings. The summed E-state index contributed by atoms with van der Waals surface area (Å²) >= 11 is 0. The van der Waals surface area contributed by atoms with Crippen LogP contribution in [-0.2, 0) is 6.54 Å². The third-order valence-corrected chi connectivity index (χ3v) is 3.06. The number of nitrogens with zero attached hydrogens (tertiary/aromatic N) is 2. The first kappa shape index (κ1) is 14.7. The first-order valence-electron chi connectivity index (χ1n) is 6.68. The van der Waals surface area contributed by atoms with Crippen LogP contribution in [0.4, 0.5) is 0 Å². The summed E-state index contributed by atoms with van der Waals surface area (Å²) in [6.45, 7) is 11.6. The van der Waals surface area contributed by atoms with Gasteiger partial charge in [-0.05, 0) is 30.9 Å². The molecule has 0 aromatic heterocycles. The van der Waals surface area contributed by atoms with Crippen molar-refractivity contribution in [2.75, 3.05) is 13.1 Å². The molecule has 1 aromatic carbocycles. The Morgan fingerprint density at radius 3 is 2.61 bits per heavy atom. The molecule has 1 rings (SSSR count). The van der Waals surface area contributed by atoms with Crippen LogP contribution in [0.15, 0.2) is 18.2 Å². The maximum absolute atomic E-state index is 8.74. The molecule has 0 saturated heterocycles. The Kier molecular flexibility index (Phi) is 5.88.